The lowest BCUT2D eigenvalue weighted by Gasteiger charge is -2.56. The predicted octanol–water partition coefficient (Wildman–Crippen LogP) is 2.43. The normalized spacial score (nSPS) is 30.7. The standard InChI is InChI=1S/C17H23NO3/c1-12-9-15-17(20-2,21-3)10-14(12)16(19)18(15)11-13-7-5-4-6-8-13/h4-8,12,14-15H,9-11H2,1-3H3/t12-,14-,15+/m0/s1. The van der Waals surface area contributed by atoms with E-state index in [-0.39, 0.29) is 17.9 Å². The van der Waals surface area contributed by atoms with Crippen LogP contribution in [0.2, 0.25) is 0 Å². The Morgan fingerprint density at radius 2 is 1.90 bits per heavy atom. The summed E-state index contributed by atoms with van der Waals surface area (Å²) in [7, 11) is 3.36. The molecule has 3 fully saturated rings. The average Bonchev–Trinajstić information content (AvgIpc) is 2.52. The Hall–Kier alpha value is -1.39. The molecule has 0 spiro atoms. The fourth-order valence-corrected chi connectivity index (χ4v) is 3.89. The van der Waals surface area contributed by atoms with Crippen LogP contribution in [0.5, 0.6) is 0 Å². The number of nitrogens with zero attached hydrogens (tertiary/aromatic N) is 1. The molecule has 0 N–H and O–H groups in total. The van der Waals surface area contributed by atoms with E-state index in [0.717, 1.165) is 12.0 Å². The molecule has 1 saturated carbocycles. The van der Waals surface area contributed by atoms with Crippen LogP contribution in [0.3, 0.4) is 0 Å². The molecule has 1 aliphatic carbocycles. The monoisotopic (exact) mass is 289 g/mol. The van der Waals surface area contributed by atoms with Gasteiger partial charge in [-0.2, -0.15) is 0 Å². The summed E-state index contributed by atoms with van der Waals surface area (Å²) in [5, 5.41) is 0. The number of piperidine rings is 2. The van der Waals surface area contributed by atoms with E-state index >= 15 is 0 Å². The van der Waals surface area contributed by atoms with E-state index in [0.29, 0.717) is 18.9 Å². The van der Waals surface area contributed by atoms with Crippen molar-refractivity contribution in [3.63, 3.8) is 0 Å². The molecule has 1 amide bonds. The van der Waals surface area contributed by atoms with Crippen LogP contribution in [0.1, 0.15) is 25.3 Å². The first kappa shape index (κ1) is 14.5. The van der Waals surface area contributed by atoms with Gasteiger partial charge in [0.1, 0.15) is 0 Å². The maximum absolute atomic E-state index is 12.7. The molecular weight excluding hydrogens is 266 g/mol. The maximum atomic E-state index is 12.7. The molecule has 21 heavy (non-hydrogen) atoms. The van der Waals surface area contributed by atoms with Crippen molar-refractivity contribution in [1.29, 1.82) is 0 Å². The van der Waals surface area contributed by atoms with Gasteiger partial charge in [0.15, 0.2) is 5.79 Å². The van der Waals surface area contributed by atoms with E-state index in [2.05, 4.69) is 19.1 Å². The largest absolute Gasteiger partial charge is 0.351 e. The maximum Gasteiger partial charge on any atom is 0.226 e. The summed E-state index contributed by atoms with van der Waals surface area (Å²) in [6.45, 7) is 2.78. The summed E-state index contributed by atoms with van der Waals surface area (Å²) in [6, 6.07) is 10.1. The van der Waals surface area contributed by atoms with Crippen LogP contribution < -0.4 is 0 Å². The molecular formula is C17H23NO3. The highest BCUT2D eigenvalue weighted by Gasteiger charge is 2.58. The predicted molar refractivity (Wildman–Crippen MR) is 79.4 cm³/mol. The molecule has 4 rings (SSSR count). The van der Waals surface area contributed by atoms with Gasteiger partial charge in [0.25, 0.3) is 0 Å². The van der Waals surface area contributed by atoms with Crippen molar-refractivity contribution < 1.29 is 14.3 Å². The van der Waals surface area contributed by atoms with Crippen molar-refractivity contribution in [2.24, 2.45) is 11.8 Å². The number of carbonyl (C=O) groups excluding carboxylic acids is 1. The Morgan fingerprint density at radius 1 is 1.24 bits per heavy atom. The van der Waals surface area contributed by atoms with Crippen LogP contribution in [0.15, 0.2) is 30.3 Å². The molecule has 4 nitrogen and oxygen atoms in total. The van der Waals surface area contributed by atoms with Crippen molar-refractivity contribution in [2.45, 2.75) is 38.1 Å². The molecule has 2 aliphatic heterocycles. The number of ether oxygens (including phenoxy) is 2. The third kappa shape index (κ3) is 2.27. The van der Waals surface area contributed by atoms with Gasteiger partial charge in [-0.15, -0.1) is 0 Å². The Balaban J connectivity index is 1.91. The smallest absolute Gasteiger partial charge is 0.226 e. The van der Waals surface area contributed by atoms with Gasteiger partial charge in [-0.25, -0.2) is 0 Å². The lowest BCUT2D eigenvalue weighted by molar-refractivity contribution is -0.285. The number of methoxy groups -OCH3 is 2. The third-order valence-corrected chi connectivity index (χ3v) is 5.16. The minimum Gasteiger partial charge on any atom is -0.351 e. The second kappa shape index (κ2) is 5.43. The van der Waals surface area contributed by atoms with Gasteiger partial charge >= 0.3 is 0 Å². The molecule has 2 bridgehead atoms. The zero-order valence-corrected chi connectivity index (χ0v) is 12.9. The molecule has 0 radical (unpaired) electrons. The van der Waals surface area contributed by atoms with Gasteiger partial charge in [-0.3, -0.25) is 4.79 Å². The van der Waals surface area contributed by atoms with Crippen LogP contribution >= 0.6 is 0 Å². The highest BCUT2D eigenvalue weighted by atomic mass is 16.7. The summed E-state index contributed by atoms with van der Waals surface area (Å²) in [5.41, 5.74) is 1.15. The Labute approximate surface area is 126 Å². The topological polar surface area (TPSA) is 38.8 Å². The molecule has 2 saturated heterocycles. The van der Waals surface area contributed by atoms with Crippen molar-refractivity contribution in [3.8, 4) is 0 Å². The quantitative estimate of drug-likeness (QED) is 0.799. The van der Waals surface area contributed by atoms with Crippen LogP contribution in [-0.2, 0) is 20.8 Å². The first-order chi connectivity index (χ1) is 10.1. The molecule has 114 valence electrons. The van der Waals surface area contributed by atoms with E-state index in [1.54, 1.807) is 14.2 Å². The molecule has 4 heteroatoms. The van der Waals surface area contributed by atoms with E-state index in [1.807, 2.05) is 23.1 Å². The first-order valence-corrected chi connectivity index (χ1v) is 7.56. The Morgan fingerprint density at radius 3 is 2.52 bits per heavy atom. The van der Waals surface area contributed by atoms with Crippen LogP contribution in [0, 0.1) is 11.8 Å². The zero-order chi connectivity index (χ0) is 15.0. The van der Waals surface area contributed by atoms with Crippen molar-refractivity contribution in [3.05, 3.63) is 35.9 Å². The second-order valence-electron chi connectivity index (χ2n) is 6.21. The number of benzene rings is 1. The van der Waals surface area contributed by atoms with Gasteiger partial charge in [-0.1, -0.05) is 37.3 Å². The number of carbonyl (C=O) groups is 1. The SMILES string of the molecule is COC1(OC)C[C@@H]2C(=O)N(Cc3ccccc3)[C@@H]1C[C@@H]2C. The molecule has 0 unspecified atom stereocenters. The van der Waals surface area contributed by atoms with E-state index < -0.39 is 5.79 Å². The summed E-state index contributed by atoms with van der Waals surface area (Å²) < 4.78 is 11.4. The lowest BCUT2D eigenvalue weighted by Crippen LogP contribution is -2.68. The number of rotatable bonds is 4. The van der Waals surface area contributed by atoms with Crippen molar-refractivity contribution >= 4 is 5.91 Å². The van der Waals surface area contributed by atoms with Crippen LogP contribution in [0.4, 0.5) is 0 Å². The minimum atomic E-state index is -0.653. The first-order valence-electron chi connectivity index (χ1n) is 7.56. The Bertz CT molecular complexity index is 512. The summed E-state index contributed by atoms with van der Waals surface area (Å²) in [6.07, 6.45) is 1.60. The molecule has 2 heterocycles. The average molecular weight is 289 g/mol. The third-order valence-electron chi connectivity index (χ3n) is 5.16. The van der Waals surface area contributed by atoms with Gasteiger partial charge in [-0.05, 0) is 17.9 Å². The highest BCUT2D eigenvalue weighted by Crippen LogP contribution is 2.47. The fraction of sp³-hybridized carbons (Fsp3) is 0.588. The molecule has 0 aromatic heterocycles. The zero-order valence-electron chi connectivity index (χ0n) is 12.9. The number of hydrogen-bond donors (Lipinski definition) is 0. The molecule has 1 aromatic carbocycles. The fourth-order valence-electron chi connectivity index (χ4n) is 3.89. The number of amides is 1. The van der Waals surface area contributed by atoms with Crippen LogP contribution in [0.25, 0.3) is 0 Å². The van der Waals surface area contributed by atoms with Gasteiger partial charge in [0.2, 0.25) is 5.91 Å². The summed E-state index contributed by atoms with van der Waals surface area (Å²) in [4.78, 5) is 14.7. The summed E-state index contributed by atoms with van der Waals surface area (Å²) >= 11 is 0. The molecule has 3 aliphatic rings. The van der Waals surface area contributed by atoms with E-state index in [9.17, 15) is 4.79 Å². The van der Waals surface area contributed by atoms with E-state index in [4.69, 9.17) is 9.47 Å². The van der Waals surface area contributed by atoms with Crippen molar-refractivity contribution in [1.82, 2.24) is 4.90 Å². The lowest BCUT2D eigenvalue weighted by atomic mass is 9.68. The van der Waals surface area contributed by atoms with Crippen LogP contribution in [-0.4, -0.2) is 36.9 Å². The number of fused-ring (bicyclic) bond motifs is 3. The molecule has 3 atom stereocenters. The highest BCUT2D eigenvalue weighted by molar-refractivity contribution is 5.81. The Kier molecular flexibility index (Phi) is 3.76. The molecule has 1 aromatic rings. The van der Waals surface area contributed by atoms with E-state index in [1.165, 1.54) is 0 Å². The van der Waals surface area contributed by atoms with Gasteiger partial charge in [0, 0.05) is 33.1 Å². The van der Waals surface area contributed by atoms with Crippen molar-refractivity contribution in [2.75, 3.05) is 14.2 Å². The second-order valence-corrected chi connectivity index (χ2v) is 6.21. The minimum absolute atomic E-state index is 0.00128. The summed E-state index contributed by atoms with van der Waals surface area (Å²) in [5.74, 6) is -0.0150. The van der Waals surface area contributed by atoms with Gasteiger partial charge in [0.05, 0.1) is 6.04 Å². The van der Waals surface area contributed by atoms with Gasteiger partial charge < -0.3 is 14.4 Å². The number of hydrogen-bond acceptors (Lipinski definition) is 3.